The number of fused-ring (bicyclic) bond motifs is 2. The van der Waals surface area contributed by atoms with Gasteiger partial charge < -0.3 is 14.8 Å². The molecule has 6 nitrogen and oxygen atoms in total. The van der Waals surface area contributed by atoms with Crippen molar-refractivity contribution in [2.24, 2.45) is 0 Å². The Hall–Kier alpha value is -4.03. The number of pyridine rings is 3. The van der Waals surface area contributed by atoms with Crippen LogP contribution in [0.3, 0.4) is 0 Å². The number of hydrogen-bond donors (Lipinski definition) is 1. The SMILES string of the molecule is CN1CCN(c2c[nH]c3nc(-c4ccccc4)c(-c4ccc5ncccc5c4)cc3c2=O)CC1. The fraction of sp³-hybridized carbons (Fsp3) is 0.179. The van der Waals surface area contributed by atoms with Crippen LogP contribution in [-0.4, -0.2) is 53.1 Å². The second-order valence-corrected chi connectivity index (χ2v) is 8.85. The Morgan fingerprint density at radius 3 is 2.53 bits per heavy atom. The predicted molar refractivity (Wildman–Crippen MR) is 138 cm³/mol. The van der Waals surface area contributed by atoms with E-state index in [1.54, 1.807) is 6.20 Å². The second-order valence-electron chi connectivity index (χ2n) is 8.85. The number of hydrogen-bond acceptors (Lipinski definition) is 5. The topological polar surface area (TPSA) is 65.1 Å². The van der Waals surface area contributed by atoms with Gasteiger partial charge in [0.05, 0.1) is 16.6 Å². The van der Waals surface area contributed by atoms with E-state index in [1.165, 1.54) is 0 Å². The van der Waals surface area contributed by atoms with E-state index < -0.39 is 0 Å². The maximum Gasteiger partial charge on any atom is 0.214 e. The van der Waals surface area contributed by atoms with Gasteiger partial charge in [-0.2, -0.15) is 0 Å². The van der Waals surface area contributed by atoms with Gasteiger partial charge in [-0.1, -0.05) is 42.5 Å². The van der Waals surface area contributed by atoms with E-state index in [0.717, 1.165) is 59.5 Å². The molecule has 0 amide bonds. The molecule has 1 N–H and O–H groups in total. The van der Waals surface area contributed by atoms with Crippen LogP contribution in [0.15, 0.2) is 83.9 Å². The van der Waals surface area contributed by atoms with Crippen LogP contribution in [0, 0.1) is 0 Å². The normalized spacial score (nSPS) is 14.7. The van der Waals surface area contributed by atoms with Crippen molar-refractivity contribution in [2.45, 2.75) is 0 Å². The smallest absolute Gasteiger partial charge is 0.214 e. The van der Waals surface area contributed by atoms with Crippen molar-refractivity contribution >= 4 is 27.6 Å². The van der Waals surface area contributed by atoms with Crippen molar-refractivity contribution in [2.75, 3.05) is 38.1 Å². The highest BCUT2D eigenvalue weighted by molar-refractivity contribution is 5.94. The Balaban J connectivity index is 1.57. The van der Waals surface area contributed by atoms with Gasteiger partial charge in [-0.25, -0.2) is 4.98 Å². The summed E-state index contributed by atoms with van der Waals surface area (Å²) in [5.74, 6) is 0. The Labute approximate surface area is 197 Å². The zero-order valence-electron chi connectivity index (χ0n) is 19.0. The summed E-state index contributed by atoms with van der Waals surface area (Å²) in [7, 11) is 2.11. The number of piperazine rings is 1. The van der Waals surface area contributed by atoms with Gasteiger partial charge in [-0.15, -0.1) is 0 Å². The van der Waals surface area contributed by atoms with Crippen LogP contribution in [0.1, 0.15) is 0 Å². The molecule has 0 saturated carbocycles. The van der Waals surface area contributed by atoms with Gasteiger partial charge in [0.25, 0.3) is 0 Å². The maximum atomic E-state index is 13.6. The minimum absolute atomic E-state index is 0.0223. The lowest BCUT2D eigenvalue weighted by Gasteiger charge is -2.33. The second kappa shape index (κ2) is 8.39. The molecule has 0 radical (unpaired) electrons. The van der Waals surface area contributed by atoms with Crippen LogP contribution in [0.5, 0.6) is 0 Å². The molecule has 1 aliphatic rings. The number of anilines is 1. The summed E-state index contributed by atoms with van der Waals surface area (Å²) in [5, 5.41) is 1.66. The first-order valence-corrected chi connectivity index (χ1v) is 11.6. The van der Waals surface area contributed by atoms with Crippen molar-refractivity contribution in [3.8, 4) is 22.4 Å². The van der Waals surface area contributed by atoms with E-state index in [4.69, 9.17) is 4.98 Å². The number of rotatable bonds is 3. The number of aromatic nitrogens is 3. The zero-order valence-corrected chi connectivity index (χ0v) is 19.0. The third-order valence-electron chi connectivity index (χ3n) is 6.65. The summed E-state index contributed by atoms with van der Waals surface area (Å²) in [6, 6.07) is 22.3. The van der Waals surface area contributed by atoms with Crippen molar-refractivity contribution in [1.29, 1.82) is 0 Å². The van der Waals surface area contributed by atoms with Crippen LogP contribution in [-0.2, 0) is 0 Å². The van der Waals surface area contributed by atoms with E-state index in [9.17, 15) is 4.79 Å². The lowest BCUT2D eigenvalue weighted by Crippen LogP contribution is -2.46. The number of nitrogens with zero attached hydrogens (tertiary/aromatic N) is 4. The molecule has 1 fully saturated rings. The van der Waals surface area contributed by atoms with Crippen LogP contribution >= 0.6 is 0 Å². The third kappa shape index (κ3) is 3.62. The van der Waals surface area contributed by atoms with Gasteiger partial charge in [0, 0.05) is 55.1 Å². The minimum atomic E-state index is 0.0223. The van der Waals surface area contributed by atoms with Crippen molar-refractivity contribution in [3.05, 3.63) is 89.3 Å². The molecule has 0 bridgehead atoms. The van der Waals surface area contributed by atoms with Gasteiger partial charge >= 0.3 is 0 Å². The summed E-state index contributed by atoms with van der Waals surface area (Å²) >= 11 is 0. The summed E-state index contributed by atoms with van der Waals surface area (Å²) in [6.45, 7) is 3.56. The Morgan fingerprint density at radius 2 is 1.71 bits per heavy atom. The van der Waals surface area contributed by atoms with Gasteiger partial charge in [-0.05, 0) is 36.9 Å². The van der Waals surface area contributed by atoms with E-state index in [1.807, 2.05) is 42.6 Å². The molecular weight excluding hydrogens is 422 g/mol. The Kier molecular flexibility index (Phi) is 5.08. The minimum Gasteiger partial charge on any atom is -0.365 e. The molecule has 2 aromatic carbocycles. The average Bonchev–Trinajstić information content (AvgIpc) is 2.89. The molecule has 0 unspecified atom stereocenters. The number of nitrogens with one attached hydrogen (secondary N) is 1. The summed E-state index contributed by atoms with van der Waals surface area (Å²) in [4.78, 5) is 30.8. The van der Waals surface area contributed by atoms with Crippen molar-refractivity contribution in [1.82, 2.24) is 19.9 Å². The van der Waals surface area contributed by atoms with Crippen LogP contribution in [0.2, 0.25) is 0 Å². The molecule has 34 heavy (non-hydrogen) atoms. The molecule has 4 heterocycles. The number of likely N-dealkylation sites (N-methyl/N-ethyl adjacent to an activating group) is 1. The van der Waals surface area contributed by atoms with Crippen molar-refractivity contribution < 1.29 is 0 Å². The summed E-state index contributed by atoms with van der Waals surface area (Å²) < 4.78 is 0. The first kappa shape index (κ1) is 20.6. The first-order chi connectivity index (χ1) is 16.7. The number of H-pyrrole nitrogens is 1. The predicted octanol–water partition coefficient (Wildman–Crippen LogP) is 4.56. The molecule has 6 rings (SSSR count). The van der Waals surface area contributed by atoms with E-state index in [2.05, 4.69) is 57.1 Å². The van der Waals surface area contributed by atoms with Crippen molar-refractivity contribution in [3.63, 3.8) is 0 Å². The van der Waals surface area contributed by atoms with Crippen LogP contribution < -0.4 is 10.3 Å². The monoisotopic (exact) mass is 447 g/mol. The largest absolute Gasteiger partial charge is 0.365 e. The molecule has 6 heteroatoms. The molecule has 0 aliphatic carbocycles. The molecule has 0 spiro atoms. The van der Waals surface area contributed by atoms with E-state index in [0.29, 0.717) is 16.7 Å². The standard InChI is InChI=1S/C28H25N5O/c1-32-12-14-33(15-13-32)25-18-30-28-23(27(25)34)17-22(26(31-28)19-6-3-2-4-7-19)20-9-10-24-21(16-20)8-5-11-29-24/h2-11,16-18H,12-15H2,1H3,(H,30,31,34). The lowest BCUT2D eigenvalue weighted by molar-refractivity contribution is 0.312. The van der Waals surface area contributed by atoms with Gasteiger partial charge in [0.1, 0.15) is 11.3 Å². The molecule has 1 aliphatic heterocycles. The maximum absolute atomic E-state index is 13.6. The van der Waals surface area contributed by atoms with Crippen LogP contribution in [0.25, 0.3) is 44.3 Å². The fourth-order valence-electron chi connectivity index (χ4n) is 4.70. The lowest BCUT2D eigenvalue weighted by atomic mass is 9.96. The highest BCUT2D eigenvalue weighted by Gasteiger charge is 2.20. The Morgan fingerprint density at radius 1 is 0.882 bits per heavy atom. The molecule has 168 valence electrons. The van der Waals surface area contributed by atoms with Gasteiger partial charge in [0.15, 0.2) is 0 Å². The quantitative estimate of drug-likeness (QED) is 0.439. The van der Waals surface area contributed by atoms with E-state index in [-0.39, 0.29) is 5.43 Å². The number of aromatic amines is 1. The average molecular weight is 448 g/mol. The zero-order chi connectivity index (χ0) is 23.1. The first-order valence-electron chi connectivity index (χ1n) is 11.6. The summed E-state index contributed by atoms with van der Waals surface area (Å²) in [6.07, 6.45) is 3.62. The van der Waals surface area contributed by atoms with Crippen LogP contribution in [0.4, 0.5) is 5.69 Å². The third-order valence-corrected chi connectivity index (χ3v) is 6.65. The number of benzene rings is 2. The highest BCUT2D eigenvalue weighted by Crippen LogP contribution is 2.34. The van der Waals surface area contributed by atoms with Gasteiger partial charge in [0.2, 0.25) is 5.43 Å². The molecule has 5 aromatic rings. The fourth-order valence-corrected chi connectivity index (χ4v) is 4.70. The van der Waals surface area contributed by atoms with Gasteiger partial charge in [-0.3, -0.25) is 9.78 Å². The van der Waals surface area contributed by atoms with E-state index >= 15 is 0 Å². The molecule has 3 aromatic heterocycles. The highest BCUT2D eigenvalue weighted by atomic mass is 16.1. The summed E-state index contributed by atoms with van der Waals surface area (Å²) in [5.41, 5.74) is 6.08. The molecule has 0 atom stereocenters. The molecule has 1 saturated heterocycles. The Bertz CT molecular complexity index is 1550. The molecular formula is C28H25N5O.